The van der Waals surface area contributed by atoms with Crippen molar-refractivity contribution in [3.8, 4) is 0 Å². The van der Waals surface area contributed by atoms with E-state index in [0.717, 1.165) is 37.0 Å². The number of nitrogens with one attached hydrogen (secondary N) is 3. The lowest BCUT2D eigenvalue weighted by atomic mass is 10.1. The Balaban J connectivity index is 2.51. The molecular formula is C18H30N4O2. The Bertz CT molecular complexity index is 512. The average molecular weight is 334 g/mol. The van der Waals surface area contributed by atoms with Crippen molar-refractivity contribution in [3.63, 3.8) is 0 Å². The van der Waals surface area contributed by atoms with Crippen LogP contribution in [-0.4, -0.2) is 32.3 Å². The van der Waals surface area contributed by atoms with Crippen LogP contribution in [0.25, 0.3) is 0 Å². The Hall–Kier alpha value is -2.24. The van der Waals surface area contributed by atoms with E-state index in [2.05, 4.69) is 46.5 Å². The number of ether oxygens (including phenoxy) is 1. The monoisotopic (exact) mass is 334 g/mol. The summed E-state index contributed by atoms with van der Waals surface area (Å²) in [6.07, 6.45) is 1.87. The van der Waals surface area contributed by atoms with Crippen LogP contribution in [0.2, 0.25) is 0 Å². The van der Waals surface area contributed by atoms with Gasteiger partial charge in [0.2, 0.25) is 0 Å². The highest BCUT2D eigenvalue weighted by Gasteiger charge is 2.01. The molecule has 0 fully saturated rings. The maximum Gasteiger partial charge on any atom is 0.411 e. The number of guanidine groups is 1. The smallest absolute Gasteiger partial charge is 0.411 e. The third-order valence-electron chi connectivity index (χ3n) is 3.40. The van der Waals surface area contributed by atoms with Crippen molar-refractivity contribution in [2.75, 3.05) is 25.5 Å². The number of carbonyl (C=O) groups excluding carboxylic acids is 1. The van der Waals surface area contributed by atoms with Gasteiger partial charge in [-0.15, -0.1) is 0 Å². The van der Waals surface area contributed by atoms with Crippen molar-refractivity contribution in [1.29, 1.82) is 0 Å². The summed E-state index contributed by atoms with van der Waals surface area (Å²) >= 11 is 0. The number of benzene rings is 1. The zero-order chi connectivity index (χ0) is 17.8. The van der Waals surface area contributed by atoms with E-state index in [1.165, 1.54) is 13.5 Å². The van der Waals surface area contributed by atoms with Crippen LogP contribution >= 0.6 is 0 Å². The summed E-state index contributed by atoms with van der Waals surface area (Å²) in [6.45, 7) is 8.86. The highest BCUT2D eigenvalue weighted by Crippen LogP contribution is 2.10. The van der Waals surface area contributed by atoms with Gasteiger partial charge in [-0.1, -0.05) is 26.0 Å². The normalized spacial score (nSPS) is 11.3. The molecule has 1 aromatic rings. The molecule has 0 aliphatic heterocycles. The molecule has 0 aliphatic rings. The first-order valence-corrected chi connectivity index (χ1v) is 8.51. The minimum Gasteiger partial charge on any atom is -0.453 e. The molecular weight excluding hydrogens is 304 g/mol. The molecule has 24 heavy (non-hydrogen) atoms. The molecule has 0 unspecified atom stereocenters. The molecule has 3 N–H and O–H groups in total. The summed E-state index contributed by atoms with van der Waals surface area (Å²) in [4.78, 5) is 15.7. The second-order valence-corrected chi connectivity index (χ2v) is 5.97. The maximum absolute atomic E-state index is 11.1. The molecule has 6 nitrogen and oxygen atoms in total. The van der Waals surface area contributed by atoms with Gasteiger partial charge >= 0.3 is 6.09 Å². The average Bonchev–Trinajstić information content (AvgIpc) is 2.57. The topological polar surface area (TPSA) is 74.8 Å². The zero-order valence-electron chi connectivity index (χ0n) is 15.2. The van der Waals surface area contributed by atoms with Crippen LogP contribution in [0.4, 0.5) is 10.5 Å². The molecule has 0 heterocycles. The predicted octanol–water partition coefficient (Wildman–Crippen LogP) is 3.36. The number of nitrogens with zero attached hydrogens (tertiary/aromatic N) is 1. The van der Waals surface area contributed by atoms with Crippen LogP contribution in [0.1, 0.15) is 39.2 Å². The minimum atomic E-state index is -0.471. The molecule has 6 heteroatoms. The Labute approximate surface area is 145 Å². The predicted molar refractivity (Wildman–Crippen MR) is 99.4 cm³/mol. The van der Waals surface area contributed by atoms with E-state index in [9.17, 15) is 4.79 Å². The standard InChI is InChI=1S/C18H30N4O2/c1-5-19-17(20-12-6-7-14(2)3)21-13-15-8-10-16(11-9-15)22-18(23)24-4/h8-11,14H,5-7,12-13H2,1-4H3,(H,22,23)(H2,19,20,21). The highest BCUT2D eigenvalue weighted by atomic mass is 16.5. The second kappa shape index (κ2) is 11.3. The van der Waals surface area contributed by atoms with Gasteiger partial charge < -0.3 is 15.4 Å². The number of anilines is 1. The van der Waals surface area contributed by atoms with Crippen LogP contribution < -0.4 is 16.0 Å². The van der Waals surface area contributed by atoms with E-state index in [1.807, 2.05) is 24.3 Å². The number of rotatable bonds is 8. The van der Waals surface area contributed by atoms with Crippen LogP contribution in [0, 0.1) is 5.92 Å². The van der Waals surface area contributed by atoms with E-state index in [1.54, 1.807) is 0 Å². The van der Waals surface area contributed by atoms with Gasteiger partial charge in [0, 0.05) is 18.8 Å². The lowest BCUT2D eigenvalue weighted by molar-refractivity contribution is 0.187. The number of amides is 1. The molecule has 0 saturated heterocycles. The Morgan fingerprint density at radius 3 is 2.50 bits per heavy atom. The van der Waals surface area contributed by atoms with E-state index >= 15 is 0 Å². The number of carbonyl (C=O) groups is 1. The molecule has 1 amide bonds. The first-order chi connectivity index (χ1) is 11.5. The summed E-state index contributed by atoms with van der Waals surface area (Å²) in [5.74, 6) is 1.56. The molecule has 0 saturated carbocycles. The fourth-order valence-corrected chi connectivity index (χ4v) is 2.09. The molecule has 0 aromatic heterocycles. The molecule has 0 spiro atoms. The number of methoxy groups -OCH3 is 1. The molecule has 134 valence electrons. The van der Waals surface area contributed by atoms with Gasteiger partial charge in [-0.05, 0) is 43.4 Å². The molecule has 1 rings (SSSR count). The zero-order valence-corrected chi connectivity index (χ0v) is 15.2. The molecule has 0 bridgehead atoms. The van der Waals surface area contributed by atoms with Gasteiger partial charge in [-0.3, -0.25) is 5.32 Å². The largest absolute Gasteiger partial charge is 0.453 e. The van der Waals surface area contributed by atoms with E-state index < -0.39 is 6.09 Å². The van der Waals surface area contributed by atoms with Crippen LogP contribution in [0.3, 0.4) is 0 Å². The van der Waals surface area contributed by atoms with Crippen molar-refractivity contribution >= 4 is 17.7 Å². The van der Waals surface area contributed by atoms with E-state index in [0.29, 0.717) is 12.2 Å². The van der Waals surface area contributed by atoms with Gasteiger partial charge in [-0.2, -0.15) is 0 Å². The number of hydrogen-bond donors (Lipinski definition) is 3. The Morgan fingerprint density at radius 1 is 1.21 bits per heavy atom. The maximum atomic E-state index is 11.1. The lowest BCUT2D eigenvalue weighted by Crippen LogP contribution is -2.37. The SMILES string of the molecule is CCNC(=NCc1ccc(NC(=O)OC)cc1)NCCCC(C)C. The number of aliphatic imine (C=N–C) groups is 1. The van der Waals surface area contributed by atoms with Gasteiger partial charge in [0.05, 0.1) is 13.7 Å². The van der Waals surface area contributed by atoms with Crippen molar-refractivity contribution in [2.24, 2.45) is 10.9 Å². The summed E-state index contributed by atoms with van der Waals surface area (Å²) in [5.41, 5.74) is 1.78. The third-order valence-corrected chi connectivity index (χ3v) is 3.40. The first-order valence-electron chi connectivity index (χ1n) is 8.51. The van der Waals surface area contributed by atoms with Gasteiger partial charge in [0.15, 0.2) is 5.96 Å². The van der Waals surface area contributed by atoms with E-state index in [-0.39, 0.29) is 0 Å². The minimum absolute atomic E-state index is 0.471. The van der Waals surface area contributed by atoms with Crippen molar-refractivity contribution in [2.45, 2.75) is 40.2 Å². The quantitative estimate of drug-likeness (QED) is 0.387. The first kappa shape index (κ1) is 19.8. The Morgan fingerprint density at radius 2 is 1.92 bits per heavy atom. The lowest BCUT2D eigenvalue weighted by Gasteiger charge is -2.12. The van der Waals surface area contributed by atoms with Crippen LogP contribution in [0.15, 0.2) is 29.3 Å². The van der Waals surface area contributed by atoms with Gasteiger partial charge in [-0.25, -0.2) is 9.79 Å². The fourth-order valence-electron chi connectivity index (χ4n) is 2.09. The van der Waals surface area contributed by atoms with Crippen LogP contribution in [0.5, 0.6) is 0 Å². The molecule has 0 atom stereocenters. The highest BCUT2D eigenvalue weighted by molar-refractivity contribution is 5.84. The van der Waals surface area contributed by atoms with Gasteiger partial charge in [0.25, 0.3) is 0 Å². The summed E-state index contributed by atoms with van der Waals surface area (Å²) in [7, 11) is 1.34. The number of hydrogen-bond acceptors (Lipinski definition) is 3. The summed E-state index contributed by atoms with van der Waals surface area (Å²) < 4.78 is 4.56. The second-order valence-electron chi connectivity index (χ2n) is 5.97. The molecule has 0 radical (unpaired) electrons. The summed E-state index contributed by atoms with van der Waals surface area (Å²) in [6, 6.07) is 7.56. The van der Waals surface area contributed by atoms with Gasteiger partial charge in [0.1, 0.15) is 0 Å². The fraction of sp³-hybridized carbons (Fsp3) is 0.556. The van der Waals surface area contributed by atoms with Crippen molar-refractivity contribution < 1.29 is 9.53 Å². The van der Waals surface area contributed by atoms with Crippen molar-refractivity contribution in [1.82, 2.24) is 10.6 Å². The summed E-state index contributed by atoms with van der Waals surface area (Å²) in [5, 5.41) is 9.23. The van der Waals surface area contributed by atoms with Crippen molar-refractivity contribution in [3.05, 3.63) is 29.8 Å². The molecule has 0 aliphatic carbocycles. The molecule has 1 aromatic carbocycles. The Kier molecular flexibility index (Phi) is 9.34. The van der Waals surface area contributed by atoms with E-state index in [4.69, 9.17) is 0 Å². The van der Waals surface area contributed by atoms with Crippen LogP contribution in [-0.2, 0) is 11.3 Å². The third kappa shape index (κ3) is 8.41.